The molecular formula is C22H26FN3O3. The van der Waals surface area contributed by atoms with E-state index in [0.717, 1.165) is 5.56 Å². The van der Waals surface area contributed by atoms with E-state index >= 15 is 0 Å². The number of hydrogen-bond acceptors (Lipinski definition) is 3. The fourth-order valence-corrected chi connectivity index (χ4v) is 3.21. The summed E-state index contributed by atoms with van der Waals surface area (Å²) in [5, 5.41) is 2.81. The van der Waals surface area contributed by atoms with Gasteiger partial charge in [0, 0.05) is 25.3 Å². The molecule has 0 aromatic heterocycles. The van der Waals surface area contributed by atoms with Gasteiger partial charge in [0.2, 0.25) is 0 Å². The van der Waals surface area contributed by atoms with Crippen LogP contribution in [-0.2, 0) is 4.74 Å². The van der Waals surface area contributed by atoms with Crippen LogP contribution < -0.4 is 5.32 Å². The van der Waals surface area contributed by atoms with Gasteiger partial charge in [0.1, 0.15) is 11.4 Å². The number of nitrogens with zero attached hydrogens (tertiary/aromatic N) is 2. The van der Waals surface area contributed by atoms with E-state index in [-0.39, 0.29) is 17.9 Å². The number of piperazine rings is 1. The summed E-state index contributed by atoms with van der Waals surface area (Å²) in [6.45, 7) is 6.53. The van der Waals surface area contributed by atoms with Crippen molar-refractivity contribution in [2.75, 3.05) is 25.0 Å². The first-order chi connectivity index (χ1) is 13.7. The first kappa shape index (κ1) is 20.6. The van der Waals surface area contributed by atoms with Crippen LogP contribution in [0.15, 0.2) is 54.6 Å². The van der Waals surface area contributed by atoms with Gasteiger partial charge in [-0.25, -0.2) is 14.0 Å². The van der Waals surface area contributed by atoms with Gasteiger partial charge in [0.25, 0.3) is 0 Å². The number of ether oxygens (including phenoxy) is 1. The van der Waals surface area contributed by atoms with E-state index in [0.29, 0.717) is 25.3 Å². The van der Waals surface area contributed by atoms with Crippen molar-refractivity contribution in [2.24, 2.45) is 0 Å². The Kier molecular flexibility index (Phi) is 6.06. The molecule has 1 heterocycles. The Balaban J connectivity index is 1.78. The second-order valence-corrected chi connectivity index (χ2v) is 7.98. The topological polar surface area (TPSA) is 61.9 Å². The summed E-state index contributed by atoms with van der Waals surface area (Å²) in [5.74, 6) is -0.365. The third-order valence-electron chi connectivity index (χ3n) is 4.57. The molecule has 0 bridgehead atoms. The summed E-state index contributed by atoms with van der Waals surface area (Å²) in [5.41, 5.74) is 0.851. The summed E-state index contributed by atoms with van der Waals surface area (Å²) in [4.78, 5) is 28.8. The monoisotopic (exact) mass is 399 g/mol. The predicted octanol–water partition coefficient (Wildman–Crippen LogP) is 4.65. The number of anilines is 1. The van der Waals surface area contributed by atoms with Crippen molar-refractivity contribution < 1.29 is 18.7 Å². The van der Waals surface area contributed by atoms with Crippen molar-refractivity contribution in [2.45, 2.75) is 32.4 Å². The van der Waals surface area contributed by atoms with Gasteiger partial charge in [-0.05, 0) is 50.6 Å². The normalized spacial score (nSPS) is 17.0. The molecule has 1 unspecified atom stereocenters. The molecule has 1 atom stereocenters. The first-order valence-electron chi connectivity index (χ1n) is 9.59. The zero-order valence-corrected chi connectivity index (χ0v) is 16.9. The molecule has 0 aliphatic carbocycles. The Hall–Kier alpha value is -3.09. The largest absolute Gasteiger partial charge is 0.444 e. The lowest BCUT2D eigenvalue weighted by atomic mass is 10.0. The third-order valence-corrected chi connectivity index (χ3v) is 4.57. The number of halogens is 1. The molecule has 2 aromatic rings. The second-order valence-electron chi connectivity index (χ2n) is 7.98. The highest BCUT2D eigenvalue weighted by Gasteiger charge is 2.35. The van der Waals surface area contributed by atoms with Gasteiger partial charge in [-0.2, -0.15) is 0 Å². The molecule has 0 radical (unpaired) electrons. The molecule has 0 spiro atoms. The molecular weight excluding hydrogens is 373 g/mol. The standard InChI is InChI=1S/C22H26FN3O3/c1-22(2,3)29-21(28)25-13-14-26(19(15-25)16-7-5-4-6-8-16)20(27)24-18-11-9-17(23)10-12-18/h4-12,19H,13-15H2,1-3H3,(H,24,27). The smallest absolute Gasteiger partial charge is 0.410 e. The van der Waals surface area contributed by atoms with Gasteiger partial charge in [-0.1, -0.05) is 30.3 Å². The van der Waals surface area contributed by atoms with E-state index in [9.17, 15) is 14.0 Å². The van der Waals surface area contributed by atoms with Crippen LogP contribution in [0, 0.1) is 5.82 Å². The molecule has 29 heavy (non-hydrogen) atoms. The van der Waals surface area contributed by atoms with E-state index in [1.54, 1.807) is 9.80 Å². The molecule has 1 aliphatic rings. The Morgan fingerprint density at radius 2 is 1.69 bits per heavy atom. The summed E-state index contributed by atoms with van der Waals surface area (Å²) < 4.78 is 18.6. The molecule has 154 valence electrons. The lowest BCUT2D eigenvalue weighted by molar-refractivity contribution is 0.00956. The maximum Gasteiger partial charge on any atom is 0.410 e. The second kappa shape index (κ2) is 8.51. The van der Waals surface area contributed by atoms with Gasteiger partial charge in [-0.15, -0.1) is 0 Å². The van der Waals surface area contributed by atoms with E-state index in [1.807, 2.05) is 51.1 Å². The highest BCUT2D eigenvalue weighted by molar-refractivity contribution is 5.89. The maximum absolute atomic E-state index is 13.1. The molecule has 1 fully saturated rings. The molecule has 7 heteroatoms. The van der Waals surface area contributed by atoms with Crippen molar-refractivity contribution in [3.63, 3.8) is 0 Å². The SMILES string of the molecule is CC(C)(C)OC(=O)N1CCN(C(=O)Nc2ccc(F)cc2)C(c2ccccc2)C1. The molecule has 1 N–H and O–H groups in total. The zero-order chi connectivity index (χ0) is 21.0. The quantitative estimate of drug-likeness (QED) is 0.799. The van der Waals surface area contributed by atoms with Crippen LogP contribution in [-0.4, -0.2) is 47.2 Å². The number of urea groups is 1. The van der Waals surface area contributed by atoms with Crippen molar-refractivity contribution in [1.29, 1.82) is 0 Å². The van der Waals surface area contributed by atoms with Crippen LogP contribution >= 0.6 is 0 Å². The summed E-state index contributed by atoms with van der Waals surface area (Å²) in [7, 11) is 0. The molecule has 3 amide bonds. The van der Waals surface area contributed by atoms with Crippen molar-refractivity contribution >= 4 is 17.8 Å². The lowest BCUT2D eigenvalue weighted by Gasteiger charge is -2.41. The number of hydrogen-bond donors (Lipinski definition) is 1. The van der Waals surface area contributed by atoms with E-state index in [4.69, 9.17) is 4.74 Å². The average Bonchev–Trinajstić information content (AvgIpc) is 2.68. The number of carbonyl (C=O) groups is 2. The van der Waals surface area contributed by atoms with Crippen LogP contribution in [0.4, 0.5) is 19.7 Å². The minimum Gasteiger partial charge on any atom is -0.444 e. The Morgan fingerprint density at radius 3 is 2.31 bits per heavy atom. The third kappa shape index (κ3) is 5.47. The van der Waals surface area contributed by atoms with E-state index in [2.05, 4.69) is 5.32 Å². The zero-order valence-electron chi connectivity index (χ0n) is 16.9. The first-order valence-corrected chi connectivity index (χ1v) is 9.59. The number of amides is 3. The van der Waals surface area contributed by atoms with E-state index in [1.165, 1.54) is 24.3 Å². The van der Waals surface area contributed by atoms with Gasteiger partial charge in [0.15, 0.2) is 0 Å². The Labute approximate surface area is 170 Å². The van der Waals surface area contributed by atoms with Crippen molar-refractivity contribution in [3.05, 3.63) is 66.0 Å². The van der Waals surface area contributed by atoms with Crippen LogP contribution in [0.1, 0.15) is 32.4 Å². The molecule has 1 saturated heterocycles. The number of nitrogens with one attached hydrogen (secondary N) is 1. The summed E-state index contributed by atoms with van der Waals surface area (Å²) in [6.07, 6.45) is -0.392. The van der Waals surface area contributed by atoms with Crippen molar-refractivity contribution in [1.82, 2.24) is 9.80 Å². The fraction of sp³-hybridized carbons (Fsp3) is 0.364. The number of rotatable bonds is 2. The molecule has 1 aliphatic heterocycles. The summed E-state index contributed by atoms with van der Waals surface area (Å²) in [6, 6.07) is 14.6. The number of benzene rings is 2. The Morgan fingerprint density at radius 1 is 1.03 bits per heavy atom. The minimum absolute atomic E-state index is 0.297. The fourth-order valence-electron chi connectivity index (χ4n) is 3.21. The average molecular weight is 399 g/mol. The Bertz CT molecular complexity index is 850. The van der Waals surface area contributed by atoms with Gasteiger partial charge in [-0.3, -0.25) is 0 Å². The highest BCUT2D eigenvalue weighted by Crippen LogP contribution is 2.27. The molecule has 6 nitrogen and oxygen atoms in total. The minimum atomic E-state index is -0.587. The van der Waals surface area contributed by atoms with Gasteiger partial charge in [0.05, 0.1) is 6.04 Å². The van der Waals surface area contributed by atoms with Crippen LogP contribution in [0.25, 0.3) is 0 Å². The van der Waals surface area contributed by atoms with Crippen LogP contribution in [0.3, 0.4) is 0 Å². The highest BCUT2D eigenvalue weighted by atomic mass is 19.1. The number of carbonyl (C=O) groups excluding carboxylic acids is 2. The molecule has 0 saturated carbocycles. The van der Waals surface area contributed by atoms with Gasteiger partial charge < -0.3 is 19.9 Å². The summed E-state index contributed by atoms with van der Waals surface area (Å²) >= 11 is 0. The van der Waals surface area contributed by atoms with Crippen molar-refractivity contribution in [3.8, 4) is 0 Å². The van der Waals surface area contributed by atoms with Gasteiger partial charge >= 0.3 is 12.1 Å². The van der Waals surface area contributed by atoms with E-state index < -0.39 is 11.7 Å². The molecule has 2 aromatic carbocycles. The maximum atomic E-state index is 13.1. The lowest BCUT2D eigenvalue weighted by Crippen LogP contribution is -2.54. The molecule has 3 rings (SSSR count). The predicted molar refractivity (Wildman–Crippen MR) is 109 cm³/mol. The van der Waals surface area contributed by atoms with Crippen LogP contribution in [0.2, 0.25) is 0 Å². The van der Waals surface area contributed by atoms with Crippen LogP contribution in [0.5, 0.6) is 0 Å².